The van der Waals surface area contributed by atoms with Crippen LogP contribution in [0.2, 0.25) is 18.1 Å². The normalized spacial score (nSPS) is 18.4. The number of aromatic nitrogens is 2. The summed E-state index contributed by atoms with van der Waals surface area (Å²) in [7, 11) is -0.165. The summed E-state index contributed by atoms with van der Waals surface area (Å²) in [5, 5.41) is 2.80. The molecule has 0 aliphatic carbocycles. The Labute approximate surface area is 240 Å². The van der Waals surface area contributed by atoms with Gasteiger partial charge < -0.3 is 13.9 Å². The third-order valence-electron chi connectivity index (χ3n) is 8.62. The van der Waals surface area contributed by atoms with Gasteiger partial charge in [0.25, 0.3) is 5.91 Å². The molecule has 0 spiro atoms. The molecule has 1 aliphatic rings. The number of halogens is 3. The Balaban J connectivity index is 1.65. The number of anilines is 1. The molecule has 2 amide bonds. The number of benzene rings is 2. The number of likely N-dealkylation sites (tertiary alicyclic amines) is 1. The maximum atomic E-state index is 13.3. The molecule has 1 saturated heterocycles. The Kier molecular flexibility index (Phi) is 8.18. The molecular formula is C30H39F3N4O3Si. The topological polar surface area (TPSA) is 76.5 Å². The monoisotopic (exact) mass is 588 g/mol. The van der Waals surface area contributed by atoms with E-state index in [4.69, 9.17) is 4.43 Å². The van der Waals surface area contributed by atoms with E-state index in [9.17, 15) is 22.8 Å². The zero-order valence-electron chi connectivity index (χ0n) is 24.8. The van der Waals surface area contributed by atoms with E-state index in [2.05, 4.69) is 44.2 Å². The van der Waals surface area contributed by atoms with Crippen LogP contribution < -0.4 is 5.32 Å². The molecule has 41 heavy (non-hydrogen) atoms. The van der Waals surface area contributed by atoms with Crippen molar-refractivity contribution in [3.8, 4) is 0 Å². The molecule has 1 unspecified atom stereocenters. The number of carbonyl (C=O) groups excluding carboxylic acids is 2. The summed E-state index contributed by atoms with van der Waals surface area (Å²) in [6, 6.07) is 9.99. The average Bonchev–Trinajstić information content (AvgIpc) is 3.36. The second-order valence-electron chi connectivity index (χ2n) is 12.6. The number of alkyl halides is 3. The predicted octanol–water partition coefficient (Wildman–Crippen LogP) is 6.84. The van der Waals surface area contributed by atoms with Crippen molar-refractivity contribution in [1.82, 2.24) is 14.5 Å². The first kappa shape index (κ1) is 30.8. The number of aryl methyl sites for hydroxylation is 1. The molecule has 3 aromatic rings. The van der Waals surface area contributed by atoms with Gasteiger partial charge in [0.05, 0.1) is 22.0 Å². The Morgan fingerprint density at radius 1 is 1.15 bits per heavy atom. The van der Waals surface area contributed by atoms with Gasteiger partial charge in [0.1, 0.15) is 0 Å². The van der Waals surface area contributed by atoms with Crippen molar-refractivity contribution in [3.05, 3.63) is 59.2 Å². The van der Waals surface area contributed by atoms with Gasteiger partial charge in [-0.1, -0.05) is 32.9 Å². The summed E-state index contributed by atoms with van der Waals surface area (Å²) in [5.74, 6) is -0.422. The summed E-state index contributed by atoms with van der Waals surface area (Å²) in [6.07, 6.45) is -3.24. The van der Waals surface area contributed by atoms with Crippen LogP contribution in [0.3, 0.4) is 0 Å². The molecule has 0 bridgehead atoms. The highest BCUT2D eigenvalue weighted by molar-refractivity contribution is 6.74. The number of imidazole rings is 1. The van der Waals surface area contributed by atoms with Gasteiger partial charge in [-0.25, -0.2) is 4.98 Å². The fourth-order valence-corrected chi connectivity index (χ4v) is 5.95. The van der Waals surface area contributed by atoms with Gasteiger partial charge in [0.15, 0.2) is 8.32 Å². The van der Waals surface area contributed by atoms with Crippen LogP contribution in [0.1, 0.15) is 62.0 Å². The fourth-order valence-electron chi connectivity index (χ4n) is 4.86. The van der Waals surface area contributed by atoms with E-state index in [1.807, 2.05) is 29.7 Å². The number of likely N-dealkylation sites (N-methyl/N-ethyl adjacent to an activating group) is 1. The van der Waals surface area contributed by atoms with Gasteiger partial charge in [0.2, 0.25) is 11.9 Å². The lowest BCUT2D eigenvalue weighted by Crippen LogP contribution is -2.41. The van der Waals surface area contributed by atoms with Gasteiger partial charge in [-0.3, -0.25) is 14.9 Å². The Morgan fingerprint density at radius 3 is 2.46 bits per heavy atom. The molecular weight excluding hydrogens is 549 g/mol. The van der Waals surface area contributed by atoms with Crippen LogP contribution in [-0.2, 0) is 27.4 Å². The molecule has 7 nitrogen and oxygen atoms in total. The van der Waals surface area contributed by atoms with Crippen molar-refractivity contribution in [2.24, 2.45) is 0 Å². The SMILES string of the molecule is CN1CCC(C)(c2ccc3c(c2)nc(NC(=O)c2cccc(C(F)(F)F)c2)n3CCCO[Si](C)(C)C(C)(C)C)C1=O. The van der Waals surface area contributed by atoms with E-state index in [-0.39, 0.29) is 22.5 Å². The van der Waals surface area contributed by atoms with Gasteiger partial charge >= 0.3 is 6.18 Å². The summed E-state index contributed by atoms with van der Waals surface area (Å²) in [4.78, 5) is 32.4. The first-order valence-corrected chi connectivity index (χ1v) is 16.7. The minimum absolute atomic E-state index is 0.0390. The lowest BCUT2D eigenvalue weighted by molar-refractivity contribution is -0.137. The molecule has 1 atom stereocenters. The zero-order chi connectivity index (χ0) is 30.4. The largest absolute Gasteiger partial charge is 0.417 e. The second kappa shape index (κ2) is 10.9. The third kappa shape index (κ3) is 6.20. The third-order valence-corrected chi connectivity index (χ3v) is 13.2. The van der Waals surface area contributed by atoms with Crippen molar-refractivity contribution in [3.63, 3.8) is 0 Å². The van der Waals surface area contributed by atoms with Crippen molar-refractivity contribution in [2.75, 3.05) is 25.5 Å². The average molecular weight is 589 g/mol. The van der Waals surface area contributed by atoms with E-state index in [1.54, 1.807) is 11.9 Å². The second-order valence-corrected chi connectivity index (χ2v) is 17.4. The smallest absolute Gasteiger partial charge is 0.416 e. The van der Waals surface area contributed by atoms with Gasteiger partial charge in [-0.2, -0.15) is 13.2 Å². The van der Waals surface area contributed by atoms with Crippen LogP contribution in [0.5, 0.6) is 0 Å². The molecule has 1 N–H and O–H groups in total. The molecule has 0 radical (unpaired) electrons. The lowest BCUT2D eigenvalue weighted by Gasteiger charge is -2.36. The van der Waals surface area contributed by atoms with E-state index in [1.165, 1.54) is 12.1 Å². The number of amides is 2. The van der Waals surface area contributed by atoms with Crippen LogP contribution in [0.4, 0.5) is 19.1 Å². The molecule has 0 saturated carbocycles. The first-order chi connectivity index (χ1) is 18.9. The lowest BCUT2D eigenvalue weighted by atomic mass is 9.81. The van der Waals surface area contributed by atoms with E-state index >= 15 is 0 Å². The number of hydrogen-bond donors (Lipinski definition) is 1. The van der Waals surface area contributed by atoms with Crippen LogP contribution in [-0.4, -0.2) is 54.8 Å². The van der Waals surface area contributed by atoms with Gasteiger partial charge in [-0.05, 0) is 73.8 Å². The van der Waals surface area contributed by atoms with Gasteiger partial charge in [0, 0.05) is 32.3 Å². The summed E-state index contributed by atoms with van der Waals surface area (Å²) in [6.45, 7) is 14.5. The van der Waals surface area contributed by atoms with Crippen molar-refractivity contribution in [2.45, 2.75) is 76.8 Å². The number of hydrogen-bond acceptors (Lipinski definition) is 4. The Hall–Kier alpha value is -3.18. The summed E-state index contributed by atoms with van der Waals surface area (Å²) >= 11 is 0. The van der Waals surface area contributed by atoms with Crippen LogP contribution >= 0.6 is 0 Å². The predicted molar refractivity (Wildman–Crippen MR) is 157 cm³/mol. The van der Waals surface area contributed by atoms with Crippen LogP contribution in [0, 0.1) is 0 Å². The zero-order valence-corrected chi connectivity index (χ0v) is 25.8. The molecule has 1 aromatic heterocycles. The van der Waals surface area contributed by atoms with Crippen molar-refractivity contribution < 1.29 is 27.2 Å². The first-order valence-electron chi connectivity index (χ1n) is 13.8. The standard InChI is InChI=1S/C30H39F3N4O3Si/c1-28(2,3)41(6,7)40-17-9-15-37-24-13-12-21(29(4)14-16-36(5)26(29)39)19-23(24)34-27(37)35-25(38)20-10-8-11-22(18-20)30(31,32)33/h8,10-13,18-19H,9,14-17H2,1-7H3,(H,34,35,38). The highest BCUT2D eigenvalue weighted by Gasteiger charge is 2.43. The van der Waals surface area contributed by atoms with Crippen LogP contribution in [0.25, 0.3) is 11.0 Å². The molecule has 222 valence electrons. The van der Waals surface area contributed by atoms with E-state index in [0.717, 1.165) is 23.2 Å². The number of fused-ring (bicyclic) bond motifs is 1. The van der Waals surface area contributed by atoms with Crippen molar-refractivity contribution in [1.29, 1.82) is 0 Å². The molecule has 1 aliphatic heterocycles. The number of nitrogens with one attached hydrogen (secondary N) is 1. The number of rotatable bonds is 8. The fraction of sp³-hybridized carbons (Fsp3) is 0.500. The molecule has 11 heteroatoms. The molecule has 4 rings (SSSR count). The Bertz CT molecular complexity index is 1460. The molecule has 2 heterocycles. The van der Waals surface area contributed by atoms with Crippen molar-refractivity contribution >= 4 is 37.1 Å². The quantitative estimate of drug-likeness (QED) is 0.231. The maximum absolute atomic E-state index is 13.3. The van der Waals surface area contributed by atoms with Gasteiger partial charge in [-0.15, -0.1) is 0 Å². The van der Waals surface area contributed by atoms with E-state index < -0.39 is 31.4 Å². The number of nitrogens with zero attached hydrogens (tertiary/aromatic N) is 3. The highest BCUT2D eigenvalue weighted by Crippen LogP contribution is 2.38. The van der Waals surface area contributed by atoms with Crippen LogP contribution in [0.15, 0.2) is 42.5 Å². The minimum Gasteiger partial charge on any atom is -0.417 e. The Morgan fingerprint density at radius 2 is 1.85 bits per heavy atom. The number of carbonyl (C=O) groups is 2. The molecule has 2 aromatic carbocycles. The molecule has 1 fully saturated rings. The minimum atomic E-state index is -4.56. The summed E-state index contributed by atoms with van der Waals surface area (Å²) < 4.78 is 48.0. The maximum Gasteiger partial charge on any atom is 0.416 e. The van der Waals surface area contributed by atoms with E-state index in [0.29, 0.717) is 38.1 Å². The highest BCUT2D eigenvalue weighted by atomic mass is 28.4. The summed E-state index contributed by atoms with van der Waals surface area (Å²) in [5.41, 5.74) is 0.489.